The highest BCUT2D eigenvalue weighted by Crippen LogP contribution is 2.31. The fourth-order valence-corrected chi connectivity index (χ4v) is 4.31. The Morgan fingerprint density at radius 2 is 1.88 bits per heavy atom. The molecule has 0 bridgehead atoms. The van der Waals surface area contributed by atoms with Gasteiger partial charge in [0.2, 0.25) is 0 Å². The van der Waals surface area contributed by atoms with Gasteiger partial charge in [-0.15, -0.1) is 0 Å². The van der Waals surface area contributed by atoms with Gasteiger partial charge in [-0.05, 0) is 55.4 Å². The lowest BCUT2D eigenvalue weighted by Crippen LogP contribution is -2.42. The van der Waals surface area contributed by atoms with Gasteiger partial charge in [-0.3, -0.25) is 0 Å². The van der Waals surface area contributed by atoms with Crippen molar-refractivity contribution in [1.82, 2.24) is 4.90 Å². The van der Waals surface area contributed by atoms with Crippen molar-refractivity contribution >= 4 is 29.4 Å². The summed E-state index contributed by atoms with van der Waals surface area (Å²) in [6, 6.07) is 15.5. The van der Waals surface area contributed by atoms with Crippen LogP contribution in [0.15, 0.2) is 54.6 Å². The maximum absolute atomic E-state index is 14.9. The van der Waals surface area contributed by atoms with Gasteiger partial charge in [0.15, 0.2) is 11.6 Å². The minimum Gasteiger partial charge on any atom is -0.489 e. The molecule has 0 radical (unpaired) electrons. The first-order valence-corrected chi connectivity index (χ1v) is 13.2. The molecule has 0 unspecified atom stereocenters. The molecule has 1 fully saturated rings. The molecule has 214 valence electrons. The lowest BCUT2D eigenvalue weighted by molar-refractivity contribution is -0.0204. The molecule has 0 aromatic heterocycles. The number of nitrogens with zero attached hydrogens (tertiary/aromatic N) is 1. The zero-order valence-corrected chi connectivity index (χ0v) is 23.0. The van der Waals surface area contributed by atoms with E-state index in [4.69, 9.17) is 23.7 Å². The maximum Gasteiger partial charge on any atom is 0.489 e. The lowest BCUT2D eigenvalue weighted by Gasteiger charge is -2.27. The van der Waals surface area contributed by atoms with E-state index in [0.29, 0.717) is 24.3 Å². The van der Waals surface area contributed by atoms with E-state index in [2.05, 4.69) is 0 Å². The fraction of sp³-hybridized carbons (Fsp3) is 0.414. The monoisotopic (exact) mass is 555 g/mol. The van der Waals surface area contributed by atoms with Crippen molar-refractivity contribution in [3.8, 4) is 11.5 Å². The highest BCUT2D eigenvalue weighted by molar-refractivity contribution is 6.62. The van der Waals surface area contributed by atoms with Crippen LogP contribution in [0.25, 0.3) is 10.8 Å². The zero-order chi connectivity index (χ0) is 28.7. The molecule has 4 rings (SSSR count). The van der Waals surface area contributed by atoms with E-state index < -0.39 is 30.7 Å². The van der Waals surface area contributed by atoms with Crippen LogP contribution in [-0.2, 0) is 20.8 Å². The van der Waals surface area contributed by atoms with Gasteiger partial charge < -0.3 is 38.6 Å². The van der Waals surface area contributed by atoms with Crippen LogP contribution >= 0.6 is 0 Å². The number of benzene rings is 3. The second kappa shape index (κ2) is 13.3. The molecular weight excluding hydrogens is 520 g/mol. The van der Waals surface area contributed by atoms with Crippen molar-refractivity contribution in [2.24, 2.45) is 0 Å². The molecule has 1 heterocycles. The van der Waals surface area contributed by atoms with Crippen LogP contribution in [0.4, 0.5) is 9.18 Å². The third-order valence-corrected chi connectivity index (χ3v) is 6.12. The van der Waals surface area contributed by atoms with Crippen molar-refractivity contribution in [2.45, 2.75) is 39.1 Å². The maximum atomic E-state index is 14.9. The van der Waals surface area contributed by atoms with Crippen molar-refractivity contribution in [1.29, 1.82) is 0 Å². The summed E-state index contributed by atoms with van der Waals surface area (Å²) in [6.45, 7) is 7.07. The Morgan fingerprint density at radius 1 is 1.10 bits per heavy atom. The summed E-state index contributed by atoms with van der Waals surface area (Å²) in [5.41, 5.74) is 0.387. The Kier molecular flexibility index (Phi) is 9.86. The van der Waals surface area contributed by atoms with Gasteiger partial charge in [0.25, 0.3) is 0 Å². The summed E-state index contributed by atoms with van der Waals surface area (Å²) in [6.07, 6.45) is -0.863. The Hall–Kier alpha value is -3.38. The second-order valence-electron chi connectivity index (χ2n) is 10.5. The van der Waals surface area contributed by atoms with Crippen LogP contribution in [0.5, 0.6) is 11.5 Å². The van der Waals surface area contributed by atoms with Crippen LogP contribution in [0.1, 0.15) is 26.3 Å². The molecule has 0 aliphatic carbocycles. The molecule has 1 atom stereocenters. The van der Waals surface area contributed by atoms with Crippen molar-refractivity contribution in [3.63, 3.8) is 0 Å². The van der Waals surface area contributed by atoms with Gasteiger partial charge >= 0.3 is 13.2 Å². The Labute approximate surface area is 233 Å². The average Bonchev–Trinajstić information content (AvgIpc) is 3.16. The summed E-state index contributed by atoms with van der Waals surface area (Å²) in [4.78, 5) is 14.0. The number of halogens is 1. The van der Waals surface area contributed by atoms with Crippen LogP contribution in [0.2, 0.25) is 0 Å². The van der Waals surface area contributed by atoms with E-state index >= 15 is 0 Å². The number of fused-ring (bicyclic) bond motifs is 1. The molecule has 3 aromatic carbocycles. The van der Waals surface area contributed by atoms with Crippen LogP contribution in [0.3, 0.4) is 0 Å². The first kappa shape index (κ1) is 29.6. The zero-order valence-electron chi connectivity index (χ0n) is 23.0. The lowest BCUT2D eigenvalue weighted by atomic mass is 9.76. The molecule has 40 heavy (non-hydrogen) atoms. The third kappa shape index (κ3) is 8.08. The van der Waals surface area contributed by atoms with E-state index in [1.165, 1.54) is 18.2 Å². The number of amides is 1. The number of rotatable bonds is 9. The molecule has 9 nitrogen and oxygen atoms in total. The fourth-order valence-electron chi connectivity index (χ4n) is 4.31. The summed E-state index contributed by atoms with van der Waals surface area (Å²) in [5.74, 6) is -0.365. The Morgan fingerprint density at radius 3 is 2.60 bits per heavy atom. The number of hydrogen-bond donors (Lipinski definition) is 2. The highest BCUT2D eigenvalue weighted by Gasteiger charge is 2.27. The summed E-state index contributed by atoms with van der Waals surface area (Å²) < 4.78 is 43.4. The quantitative estimate of drug-likeness (QED) is 0.306. The minimum atomic E-state index is -1.88. The van der Waals surface area contributed by atoms with Gasteiger partial charge in [0.1, 0.15) is 24.6 Å². The highest BCUT2D eigenvalue weighted by atomic mass is 19.1. The first-order chi connectivity index (χ1) is 19.1. The predicted octanol–water partition coefficient (Wildman–Crippen LogP) is 3.27. The van der Waals surface area contributed by atoms with Crippen molar-refractivity contribution in [3.05, 3.63) is 66.0 Å². The van der Waals surface area contributed by atoms with Gasteiger partial charge in [0, 0.05) is 11.9 Å². The van der Waals surface area contributed by atoms with Gasteiger partial charge in [0.05, 0.1) is 32.5 Å². The molecule has 3 aromatic rings. The molecule has 1 aliphatic rings. The van der Waals surface area contributed by atoms with E-state index in [1.807, 2.05) is 30.3 Å². The van der Waals surface area contributed by atoms with E-state index in [1.54, 1.807) is 31.7 Å². The van der Waals surface area contributed by atoms with E-state index in [-0.39, 0.29) is 49.6 Å². The summed E-state index contributed by atoms with van der Waals surface area (Å²) >= 11 is 0. The average molecular weight is 555 g/mol. The summed E-state index contributed by atoms with van der Waals surface area (Å²) in [5, 5.41) is 20.9. The van der Waals surface area contributed by atoms with Gasteiger partial charge in [-0.25, -0.2) is 9.18 Å². The standard InChI is InChI=1S/C29H35BFNO8/c1-29(2,3)40-28(33)32-11-12-36-19-23(17-32)37-13-14-38-27-25(31)10-9-21-15-22(16-24(26(21)27)30(34)35)39-18-20-7-5-4-6-8-20/h4-10,15-16,23,34-35H,11-14,17-19H2,1-3H3/t23-/m0/s1. The van der Waals surface area contributed by atoms with Crippen LogP contribution in [-0.4, -0.2) is 79.4 Å². The molecule has 2 N–H and O–H groups in total. The van der Waals surface area contributed by atoms with Gasteiger partial charge in [-0.1, -0.05) is 36.4 Å². The molecule has 0 saturated carbocycles. The second-order valence-corrected chi connectivity index (χ2v) is 10.5. The number of ether oxygens (including phenoxy) is 5. The number of hydrogen-bond acceptors (Lipinski definition) is 8. The molecule has 1 amide bonds. The Bertz CT molecular complexity index is 1280. The molecular formula is C29H35BFNO8. The van der Waals surface area contributed by atoms with Gasteiger partial charge in [-0.2, -0.15) is 0 Å². The molecule has 1 saturated heterocycles. The molecule has 0 spiro atoms. The third-order valence-electron chi connectivity index (χ3n) is 6.12. The first-order valence-electron chi connectivity index (χ1n) is 13.2. The van der Waals surface area contributed by atoms with E-state index in [0.717, 1.165) is 5.56 Å². The van der Waals surface area contributed by atoms with E-state index in [9.17, 15) is 19.2 Å². The predicted molar refractivity (Wildman–Crippen MR) is 148 cm³/mol. The minimum absolute atomic E-state index is 0.0216. The molecule has 1 aliphatic heterocycles. The normalized spacial score (nSPS) is 15.9. The topological polar surface area (TPSA) is 107 Å². The molecule has 11 heteroatoms. The van der Waals surface area contributed by atoms with Crippen molar-refractivity contribution < 1.29 is 42.9 Å². The number of carbonyl (C=O) groups excluding carboxylic acids is 1. The largest absolute Gasteiger partial charge is 0.489 e. The van der Waals surface area contributed by atoms with Crippen molar-refractivity contribution in [2.75, 3.05) is 39.5 Å². The summed E-state index contributed by atoms with van der Waals surface area (Å²) in [7, 11) is -1.88. The SMILES string of the molecule is CC(C)(C)OC(=O)N1CCOC[C@@H](OCCOc2c(F)ccc3cc(OCc4ccccc4)cc(B(O)O)c23)C1. The smallest absolute Gasteiger partial charge is 0.489 e. The van der Waals surface area contributed by atoms with Crippen LogP contribution < -0.4 is 14.9 Å². The number of carbonyl (C=O) groups is 1. The Balaban J connectivity index is 1.42. The van der Waals surface area contributed by atoms with Crippen LogP contribution in [0, 0.1) is 5.82 Å².